The SMILES string of the molecule is O=C(NNC(=O)[C@H]1CC(=O)N(c2ccc(Cl)cc2)C1)c1ccc([N+](=O)[O-])cc1. The number of rotatable bonds is 4. The Morgan fingerprint density at radius 1 is 1.07 bits per heavy atom. The highest BCUT2D eigenvalue weighted by molar-refractivity contribution is 6.30. The maximum atomic E-state index is 12.3. The predicted octanol–water partition coefficient (Wildman–Crippen LogP) is 2.06. The Balaban J connectivity index is 1.56. The van der Waals surface area contributed by atoms with E-state index < -0.39 is 22.7 Å². The van der Waals surface area contributed by atoms with E-state index in [0.717, 1.165) is 0 Å². The number of benzene rings is 2. The molecular formula is C18H15ClN4O5. The van der Waals surface area contributed by atoms with Crippen molar-refractivity contribution in [2.45, 2.75) is 6.42 Å². The summed E-state index contributed by atoms with van der Waals surface area (Å²) in [6, 6.07) is 11.6. The number of hydrogen-bond acceptors (Lipinski definition) is 5. The molecule has 9 nitrogen and oxygen atoms in total. The average molecular weight is 403 g/mol. The number of hydrazine groups is 1. The largest absolute Gasteiger partial charge is 0.312 e. The normalized spacial score (nSPS) is 16.0. The van der Waals surface area contributed by atoms with Crippen molar-refractivity contribution in [3.8, 4) is 0 Å². The molecule has 2 N–H and O–H groups in total. The van der Waals surface area contributed by atoms with Gasteiger partial charge in [-0.25, -0.2) is 0 Å². The molecule has 1 aliphatic heterocycles. The molecule has 3 amide bonds. The molecule has 3 rings (SSSR count). The van der Waals surface area contributed by atoms with Crippen molar-refractivity contribution in [2.75, 3.05) is 11.4 Å². The summed E-state index contributed by atoms with van der Waals surface area (Å²) in [7, 11) is 0. The van der Waals surface area contributed by atoms with E-state index in [1.54, 1.807) is 24.3 Å². The molecule has 10 heteroatoms. The summed E-state index contributed by atoms with van der Waals surface area (Å²) in [6.07, 6.45) is 0.0157. The van der Waals surface area contributed by atoms with E-state index in [1.165, 1.54) is 29.2 Å². The second kappa shape index (κ2) is 8.05. The first-order valence-corrected chi connectivity index (χ1v) is 8.63. The van der Waals surface area contributed by atoms with Gasteiger partial charge in [-0.1, -0.05) is 11.6 Å². The fraction of sp³-hybridized carbons (Fsp3) is 0.167. The molecule has 28 heavy (non-hydrogen) atoms. The Kier molecular flexibility index (Phi) is 5.55. The standard InChI is InChI=1S/C18H15ClN4O5/c19-13-3-7-14(8-4-13)22-10-12(9-16(22)24)18(26)21-20-17(25)11-1-5-15(6-2-11)23(27)28/h1-8,12H,9-10H2,(H,20,25)(H,21,26)/t12-/m0/s1. The zero-order chi connectivity index (χ0) is 20.3. The number of nitro benzene ring substituents is 1. The number of halogens is 1. The minimum atomic E-state index is -0.625. The van der Waals surface area contributed by atoms with E-state index in [0.29, 0.717) is 10.7 Å². The molecular weight excluding hydrogens is 388 g/mol. The Morgan fingerprint density at radius 2 is 1.71 bits per heavy atom. The fourth-order valence-electron chi connectivity index (χ4n) is 2.78. The van der Waals surface area contributed by atoms with Crippen LogP contribution in [0.4, 0.5) is 11.4 Å². The molecule has 0 bridgehead atoms. The van der Waals surface area contributed by atoms with Gasteiger partial charge in [0.15, 0.2) is 0 Å². The highest BCUT2D eigenvalue weighted by atomic mass is 35.5. The molecule has 1 atom stereocenters. The van der Waals surface area contributed by atoms with Gasteiger partial charge in [-0.3, -0.25) is 35.3 Å². The number of anilines is 1. The van der Waals surface area contributed by atoms with Gasteiger partial charge in [0.25, 0.3) is 11.6 Å². The molecule has 1 saturated heterocycles. The number of carbonyl (C=O) groups is 3. The lowest BCUT2D eigenvalue weighted by Gasteiger charge is -2.17. The fourth-order valence-corrected chi connectivity index (χ4v) is 2.91. The lowest BCUT2D eigenvalue weighted by molar-refractivity contribution is -0.384. The zero-order valence-corrected chi connectivity index (χ0v) is 15.2. The summed E-state index contributed by atoms with van der Waals surface area (Å²) in [4.78, 5) is 48.1. The zero-order valence-electron chi connectivity index (χ0n) is 14.4. The van der Waals surface area contributed by atoms with Crippen molar-refractivity contribution in [3.63, 3.8) is 0 Å². The molecule has 144 valence electrons. The number of non-ortho nitro benzene ring substituents is 1. The van der Waals surface area contributed by atoms with Gasteiger partial charge >= 0.3 is 0 Å². The third kappa shape index (κ3) is 4.26. The average Bonchev–Trinajstić information content (AvgIpc) is 3.08. The number of nitrogens with one attached hydrogen (secondary N) is 2. The van der Waals surface area contributed by atoms with Crippen molar-refractivity contribution < 1.29 is 19.3 Å². The van der Waals surface area contributed by atoms with Crippen LogP contribution in [0.5, 0.6) is 0 Å². The van der Waals surface area contributed by atoms with Gasteiger partial charge < -0.3 is 4.90 Å². The maximum absolute atomic E-state index is 12.3. The molecule has 0 aromatic heterocycles. The number of nitro groups is 1. The Bertz CT molecular complexity index is 930. The molecule has 0 radical (unpaired) electrons. The topological polar surface area (TPSA) is 122 Å². The van der Waals surface area contributed by atoms with Crippen molar-refractivity contribution in [3.05, 3.63) is 69.2 Å². The van der Waals surface area contributed by atoms with Crippen molar-refractivity contribution >= 4 is 40.7 Å². The summed E-state index contributed by atoms with van der Waals surface area (Å²) in [5.41, 5.74) is 5.18. The molecule has 2 aromatic rings. The number of hydrogen-bond donors (Lipinski definition) is 2. The van der Waals surface area contributed by atoms with Gasteiger partial charge in [-0.05, 0) is 36.4 Å². The van der Waals surface area contributed by atoms with Gasteiger partial charge in [0.1, 0.15) is 0 Å². The lowest BCUT2D eigenvalue weighted by atomic mass is 10.1. The van der Waals surface area contributed by atoms with Crippen molar-refractivity contribution in [1.82, 2.24) is 10.9 Å². The van der Waals surface area contributed by atoms with E-state index in [4.69, 9.17) is 11.6 Å². The second-order valence-electron chi connectivity index (χ2n) is 6.13. The lowest BCUT2D eigenvalue weighted by Crippen LogP contribution is -2.45. The smallest absolute Gasteiger partial charge is 0.269 e. The summed E-state index contributed by atoms with van der Waals surface area (Å²) >= 11 is 5.84. The van der Waals surface area contributed by atoms with Crippen LogP contribution in [0.1, 0.15) is 16.8 Å². The van der Waals surface area contributed by atoms with Crippen LogP contribution < -0.4 is 15.8 Å². The van der Waals surface area contributed by atoms with E-state index in [9.17, 15) is 24.5 Å². The second-order valence-corrected chi connectivity index (χ2v) is 6.57. The minimum Gasteiger partial charge on any atom is -0.312 e. The Hall–Kier alpha value is -3.46. The van der Waals surface area contributed by atoms with E-state index in [2.05, 4.69) is 10.9 Å². The van der Waals surface area contributed by atoms with Crippen LogP contribution >= 0.6 is 11.6 Å². The van der Waals surface area contributed by atoms with Crippen LogP contribution in [0, 0.1) is 16.0 Å². The molecule has 0 spiro atoms. The van der Waals surface area contributed by atoms with Crippen LogP contribution in [-0.2, 0) is 9.59 Å². The summed E-state index contributed by atoms with van der Waals surface area (Å²) in [5, 5.41) is 11.2. The summed E-state index contributed by atoms with van der Waals surface area (Å²) in [5.74, 6) is -1.95. The molecule has 1 fully saturated rings. The summed E-state index contributed by atoms with van der Waals surface area (Å²) in [6.45, 7) is 0.180. The third-order valence-electron chi connectivity index (χ3n) is 4.27. The Morgan fingerprint density at radius 3 is 2.32 bits per heavy atom. The van der Waals surface area contributed by atoms with E-state index in [1.807, 2.05) is 0 Å². The van der Waals surface area contributed by atoms with Crippen LogP contribution in [0.3, 0.4) is 0 Å². The molecule has 2 aromatic carbocycles. The molecule has 1 heterocycles. The van der Waals surface area contributed by atoms with Gasteiger partial charge in [0, 0.05) is 41.4 Å². The molecule has 0 unspecified atom stereocenters. The summed E-state index contributed by atoms with van der Waals surface area (Å²) < 4.78 is 0. The minimum absolute atomic E-state index is 0.0157. The van der Waals surface area contributed by atoms with Crippen molar-refractivity contribution in [1.29, 1.82) is 0 Å². The van der Waals surface area contributed by atoms with E-state index >= 15 is 0 Å². The quantitative estimate of drug-likeness (QED) is 0.598. The van der Waals surface area contributed by atoms with Gasteiger partial charge in [-0.2, -0.15) is 0 Å². The van der Waals surface area contributed by atoms with Gasteiger partial charge in [0.2, 0.25) is 11.8 Å². The van der Waals surface area contributed by atoms with Gasteiger partial charge in [-0.15, -0.1) is 0 Å². The number of nitrogens with zero attached hydrogens (tertiary/aromatic N) is 2. The van der Waals surface area contributed by atoms with Crippen molar-refractivity contribution in [2.24, 2.45) is 5.92 Å². The number of carbonyl (C=O) groups excluding carboxylic acids is 3. The highest BCUT2D eigenvalue weighted by Gasteiger charge is 2.35. The molecule has 1 aliphatic rings. The first-order valence-electron chi connectivity index (χ1n) is 8.26. The van der Waals surface area contributed by atoms with Crippen LogP contribution in [-0.4, -0.2) is 29.2 Å². The van der Waals surface area contributed by atoms with Crippen LogP contribution in [0.25, 0.3) is 0 Å². The highest BCUT2D eigenvalue weighted by Crippen LogP contribution is 2.26. The monoisotopic (exact) mass is 402 g/mol. The van der Waals surface area contributed by atoms with Crippen LogP contribution in [0.2, 0.25) is 5.02 Å². The number of amides is 3. The Labute approximate surface area is 164 Å². The predicted molar refractivity (Wildman–Crippen MR) is 101 cm³/mol. The maximum Gasteiger partial charge on any atom is 0.269 e. The van der Waals surface area contributed by atoms with Gasteiger partial charge in [0.05, 0.1) is 10.8 Å². The first-order chi connectivity index (χ1) is 13.3. The molecule has 0 saturated carbocycles. The molecule has 0 aliphatic carbocycles. The first kappa shape index (κ1) is 19.3. The third-order valence-corrected chi connectivity index (χ3v) is 4.53. The van der Waals surface area contributed by atoms with E-state index in [-0.39, 0.29) is 30.1 Å². The van der Waals surface area contributed by atoms with Crippen LogP contribution in [0.15, 0.2) is 48.5 Å².